The molecule has 0 aliphatic heterocycles. The number of methoxy groups -OCH3 is 1. The van der Waals surface area contributed by atoms with Crippen molar-refractivity contribution in [3.05, 3.63) is 53.5 Å². The van der Waals surface area contributed by atoms with E-state index in [4.69, 9.17) is 15.0 Å². The Morgan fingerprint density at radius 1 is 1.24 bits per heavy atom. The average molecular weight is 486 g/mol. The van der Waals surface area contributed by atoms with E-state index in [9.17, 15) is 9.59 Å². The number of rotatable bonds is 10. The summed E-state index contributed by atoms with van der Waals surface area (Å²) in [6.07, 6.45) is -0.0629. The Bertz CT molecular complexity index is 1250. The van der Waals surface area contributed by atoms with Gasteiger partial charge in [-0.3, -0.25) is 14.2 Å². The second kappa shape index (κ2) is 10.3. The van der Waals surface area contributed by atoms with Crippen LogP contribution in [0.2, 0.25) is 0 Å². The second-order valence-corrected chi connectivity index (χ2v) is 8.54. The van der Waals surface area contributed by atoms with Crippen LogP contribution in [0.25, 0.3) is 10.7 Å². The molecule has 13 heteroatoms. The highest BCUT2D eigenvalue weighted by Crippen LogP contribution is 2.28. The summed E-state index contributed by atoms with van der Waals surface area (Å²) in [5, 5.41) is 17.4. The van der Waals surface area contributed by atoms with Crippen LogP contribution in [0.15, 0.2) is 51.5 Å². The van der Waals surface area contributed by atoms with E-state index in [0.29, 0.717) is 28.3 Å². The predicted octanol–water partition coefficient (Wildman–Crippen LogP) is 2.36. The molecular formula is C20H19N7O4S2. The second-order valence-electron chi connectivity index (χ2n) is 6.65. The van der Waals surface area contributed by atoms with Crippen LogP contribution in [-0.2, 0) is 28.3 Å². The number of thiophene rings is 1. The highest BCUT2D eigenvalue weighted by molar-refractivity contribution is 7.98. The molecule has 0 saturated heterocycles. The fraction of sp³-hybridized carbons (Fsp3) is 0.200. The van der Waals surface area contributed by atoms with Crippen molar-refractivity contribution < 1.29 is 18.8 Å². The Morgan fingerprint density at radius 2 is 2.09 bits per heavy atom. The lowest BCUT2D eigenvalue weighted by Gasteiger charge is -2.08. The first-order valence-electron chi connectivity index (χ1n) is 9.66. The van der Waals surface area contributed by atoms with Gasteiger partial charge in [-0.1, -0.05) is 35.1 Å². The Kier molecular flexibility index (Phi) is 7.00. The lowest BCUT2D eigenvalue weighted by molar-refractivity contribution is -0.118. The van der Waals surface area contributed by atoms with Gasteiger partial charge in [0, 0.05) is 0 Å². The third kappa shape index (κ3) is 5.56. The zero-order valence-corrected chi connectivity index (χ0v) is 19.1. The highest BCUT2D eigenvalue weighted by Gasteiger charge is 2.19. The topological polar surface area (TPSA) is 151 Å². The summed E-state index contributed by atoms with van der Waals surface area (Å²) in [6, 6.07) is 10.9. The molecule has 1 aromatic carbocycles. The molecule has 0 bridgehead atoms. The van der Waals surface area contributed by atoms with Crippen molar-refractivity contribution in [2.24, 2.45) is 5.73 Å². The number of hydrogen-bond donors (Lipinski definition) is 2. The third-order valence-corrected chi connectivity index (χ3v) is 6.12. The van der Waals surface area contributed by atoms with E-state index >= 15 is 0 Å². The molecule has 0 spiro atoms. The molecule has 3 aromatic heterocycles. The number of benzene rings is 1. The number of aromatic nitrogens is 5. The Hall–Kier alpha value is -3.71. The quantitative estimate of drug-likeness (QED) is 0.322. The smallest absolute Gasteiger partial charge is 0.237 e. The SMILES string of the molecule is COc1ccccc1NC(=O)Cc1noc(CSc2nnc(-c3cccs3)n2CC(N)=O)n1. The van der Waals surface area contributed by atoms with Crippen molar-refractivity contribution >= 4 is 40.6 Å². The first kappa shape index (κ1) is 22.5. The van der Waals surface area contributed by atoms with Gasteiger partial charge in [0.2, 0.25) is 17.7 Å². The Balaban J connectivity index is 1.39. The van der Waals surface area contributed by atoms with Crippen LogP contribution in [0.4, 0.5) is 5.69 Å². The van der Waals surface area contributed by atoms with Crippen molar-refractivity contribution in [2.75, 3.05) is 12.4 Å². The van der Waals surface area contributed by atoms with Crippen molar-refractivity contribution in [3.8, 4) is 16.5 Å². The lowest BCUT2D eigenvalue weighted by Crippen LogP contribution is -2.19. The van der Waals surface area contributed by atoms with Gasteiger partial charge in [0.15, 0.2) is 16.8 Å². The maximum atomic E-state index is 12.3. The monoisotopic (exact) mass is 485 g/mol. The first-order valence-corrected chi connectivity index (χ1v) is 11.5. The van der Waals surface area contributed by atoms with E-state index in [1.165, 1.54) is 30.2 Å². The Morgan fingerprint density at radius 3 is 2.85 bits per heavy atom. The molecule has 0 aliphatic rings. The van der Waals surface area contributed by atoms with Gasteiger partial charge in [-0.15, -0.1) is 21.5 Å². The lowest BCUT2D eigenvalue weighted by atomic mass is 10.2. The zero-order valence-electron chi connectivity index (χ0n) is 17.4. The van der Waals surface area contributed by atoms with Gasteiger partial charge in [0.05, 0.1) is 29.8 Å². The number of anilines is 1. The number of nitrogens with one attached hydrogen (secondary N) is 1. The summed E-state index contributed by atoms with van der Waals surface area (Å²) >= 11 is 2.76. The van der Waals surface area contributed by atoms with Gasteiger partial charge in [-0.2, -0.15) is 4.98 Å². The number of carbonyl (C=O) groups excluding carboxylic acids is 2. The number of para-hydroxylation sites is 2. The molecule has 0 atom stereocenters. The van der Waals surface area contributed by atoms with Crippen LogP contribution in [-0.4, -0.2) is 43.8 Å². The predicted molar refractivity (Wildman–Crippen MR) is 122 cm³/mol. The van der Waals surface area contributed by atoms with Crippen LogP contribution < -0.4 is 15.8 Å². The van der Waals surface area contributed by atoms with Crippen LogP contribution in [0.1, 0.15) is 11.7 Å². The molecule has 0 aliphatic carbocycles. The molecular weight excluding hydrogens is 466 g/mol. The number of ether oxygens (including phenoxy) is 1. The summed E-state index contributed by atoms with van der Waals surface area (Å²) < 4.78 is 12.1. The van der Waals surface area contributed by atoms with Gasteiger partial charge >= 0.3 is 0 Å². The van der Waals surface area contributed by atoms with Crippen molar-refractivity contribution in [1.29, 1.82) is 0 Å². The minimum absolute atomic E-state index is 0.0548. The van der Waals surface area contributed by atoms with Gasteiger partial charge < -0.3 is 20.3 Å². The van der Waals surface area contributed by atoms with E-state index in [1.807, 2.05) is 23.6 Å². The summed E-state index contributed by atoms with van der Waals surface area (Å²) in [5.41, 5.74) is 5.95. The molecule has 0 unspecified atom stereocenters. The maximum absolute atomic E-state index is 12.3. The van der Waals surface area contributed by atoms with Crippen LogP contribution in [0, 0.1) is 0 Å². The highest BCUT2D eigenvalue weighted by atomic mass is 32.2. The molecule has 2 amide bonds. The number of nitrogens with two attached hydrogens (primary N) is 1. The van der Waals surface area contributed by atoms with Crippen molar-refractivity contribution in [3.63, 3.8) is 0 Å². The molecule has 3 heterocycles. The Labute approximate surface area is 196 Å². The summed E-state index contributed by atoms with van der Waals surface area (Å²) in [6.45, 7) is -0.0548. The van der Waals surface area contributed by atoms with Gasteiger partial charge in [0.1, 0.15) is 12.3 Å². The van der Waals surface area contributed by atoms with E-state index in [2.05, 4.69) is 25.7 Å². The van der Waals surface area contributed by atoms with E-state index in [1.54, 1.807) is 22.8 Å². The molecule has 11 nitrogen and oxygen atoms in total. The average Bonchev–Trinajstić information content (AvgIpc) is 3.54. The molecule has 33 heavy (non-hydrogen) atoms. The number of amides is 2. The fourth-order valence-electron chi connectivity index (χ4n) is 2.91. The van der Waals surface area contributed by atoms with E-state index < -0.39 is 5.91 Å². The van der Waals surface area contributed by atoms with Gasteiger partial charge in [-0.25, -0.2) is 0 Å². The van der Waals surface area contributed by atoms with Crippen molar-refractivity contribution in [2.45, 2.75) is 23.9 Å². The first-order chi connectivity index (χ1) is 16.0. The summed E-state index contributed by atoms with van der Waals surface area (Å²) in [7, 11) is 1.53. The zero-order chi connectivity index (χ0) is 23.2. The minimum atomic E-state index is -0.504. The van der Waals surface area contributed by atoms with Crippen LogP contribution >= 0.6 is 23.1 Å². The minimum Gasteiger partial charge on any atom is -0.495 e. The van der Waals surface area contributed by atoms with Crippen LogP contribution in [0.5, 0.6) is 5.75 Å². The van der Waals surface area contributed by atoms with Crippen LogP contribution in [0.3, 0.4) is 0 Å². The van der Waals surface area contributed by atoms with E-state index in [-0.39, 0.29) is 30.5 Å². The largest absolute Gasteiger partial charge is 0.495 e. The maximum Gasteiger partial charge on any atom is 0.237 e. The summed E-state index contributed by atoms with van der Waals surface area (Å²) in [5.74, 6) is 1.14. The standard InChI is InChI=1S/C20H19N7O4S2/c1-30-13-6-3-2-5-12(13)22-17(29)9-16-23-18(31-26-16)11-33-20-25-24-19(14-7-4-8-32-14)27(20)10-15(21)28/h2-8H,9-11H2,1H3,(H2,21,28)(H,22,29). The molecule has 0 fully saturated rings. The number of carbonyl (C=O) groups is 2. The number of nitrogens with zero attached hydrogens (tertiary/aromatic N) is 5. The molecule has 4 aromatic rings. The molecule has 3 N–H and O–H groups in total. The third-order valence-electron chi connectivity index (χ3n) is 4.31. The fourth-order valence-corrected chi connectivity index (χ4v) is 4.41. The number of primary amides is 1. The molecule has 0 radical (unpaired) electrons. The normalized spacial score (nSPS) is 10.8. The van der Waals surface area contributed by atoms with Crippen molar-refractivity contribution in [1.82, 2.24) is 24.9 Å². The molecule has 170 valence electrons. The van der Waals surface area contributed by atoms with Gasteiger partial charge in [0.25, 0.3) is 0 Å². The molecule has 4 rings (SSSR count). The number of hydrogen-bond acceptors (Lipinski definition) is 10. The summed E-state index contributed by atoms with van der Waals surface area (Å²) in [4.78, 5) is 29.0. The van der Waals surface area contributed by atoms with E-state index in [0.717, 1.165) is 4.88 Å². The van der Waals surface area contributed by atoms with Gasteiger partial charge in [-0.05, 0) is 23.6 Å². The molecule has 0 saturated carbocycles. The number of thioether (sulfide) groups is 1.